The zero-order valence-electron chi connectivity index (χ0n) is 18.3. The number of anilines is 5. The van der Waals surface area contributed by atoms with Gasteiger partial charge in [0, 0.05) is 41.9 Å². The molecule has 1 saturated heterocycles. The van der Waals surface area contributed by atoms with Crippen LogP contribution in [0.15, 0.2) is 54.6 Å². The lowest BCUT2D eigenvalue weighted by atomic mass is 10.2. The number of nitrogens with zero attached hydrogens (tertiary/aromatic N) is 3. The average molecular weight is 472 g/mol. The molecule has 0 unspecified atom stereocenters. The molecule has 8 nitrogen and oxygen atoms in total. The molecule has 0 atom stereocenters. The first-order chi connectivity index (χ1) is 16.3. The number of hydrogen-bond donors (Lipinski definition) is 3. The topological polar surface area (TPSA) is 91.4 Å². The highest BCUT2D eigenvalue weighted by Gasteiger charge is 2.30. The van der Waals surface area contributed by atoms with Crippen molar-refractivity contribution in [3.05, 3.63) is 65.9 Å². The van der Waals surface area contributed by atoms with E-state index in [4.69, 9.17) is 4.74 Å². The lowest BCUT2D eigenvalue weighted by Crippen LogP contribution is -2.37. The number of rotatable bonds is 5. The van der Waals surface area contributed by atoms with Gasteiger partial charge in [0.15, 0.2) is 0 Å². The van der Waals surface area contributed by atoms with Crippen LogP contribution >= 0.6 is 0 Å². The Labute approximate surface area is 194 Å². The quantitative estimate of drug-likeness (QED) is 0.483. The number of amides is 2. The van der Waals surface area contributed by atoms with Crippen molar-refractivity contribution in [3.63, 3.8) is 0 Å². The number of hydrogen-bond acceptors (Lipinski definition) is 6. The zero-order chi connectivity index (χ0) is 24.1. The Morgan fingerprint density at radius 2 is 1.62 bits per heavy atom. The normalized spacial score (nSPS) is 13.9. The third kappa shape index (κ3) is 6.13. The minimum atomic E-state index is -4.48. The highest BCUT2D eigenvalue weighted by atomic mass is 19.4. The van der Waals surface area contributed by atoms with E-state index in [9.17, 15) is 18.0 Å². The van der Waals surface area contributed by atoms with Crippen LogP contribution in [0.4, 0.5) is 46.8 Å². The Morgan fingerprint density at radius 1 is 0.941 bits per heavy atom. The first-order valence-electron chi connectivity index (χ1n) is 10.6. The van der Waals surface area contributed by atoms with Gasteiger partial charge in [0.2, 0.25) is 5.95 Å². The Hall–Kier alpha value is -3.86. The van der Waals surface area contributed by atoms with Gasteiger partial charge in [-0.3, -0.25) is 0 Å². The Balaban J connectivity index is 1.37. The Kier molecular flexibility index (Phi) is 6.82. The van der Waals surface area contributed by atoms with Crippen LogP contribution in [0.25, 0.3) is 0 Å². The lowest BCUT2D eigenvalue weighted by molar-refractivity contribution is -0.137. The molecular weight excluding hydrogens is 449 g/mol. The number of ether oxygens (including phenoxy) is 1. The third-order valence-electron chi connectivity index (χ3n) is 5.00. The standard InChI is InChI=1S/C23H23F3N6O2/c1-15-13-20(31-21(27-15)32-9-11-34-12-10-32)28-17-5-7-18(8-6-17)29-22(33)30-19-4-2-3-16(14-19)23(24,25)26/h2-8,13-14H,9-12H2,1H3,(H,27,28,31)(H2,29,30,33). The van der Waals surface area contributed by atoms with Crippen LogP contribution in [-0.2, 0) is 10.9 Å². The fraction of sp³-hybridized carbons (Fsp3) is 0.261. The van der Waals surface area contributed by atoms with Crippen LogP contribution in [0.3, 0.4) is 0 Å². The van der Waals surface area contributed by atoms with Gasteiger partial charge in [-0.25, -0.2) is 9.78 Å². The number of benzene rings is 2. The summed E-state index contributed by atoms with van der Waals surface area (Å²) in [5.74, 6) is 1.27. The Bertz CT molecular complexity index is 1150. The van der Waals surface area contributed by atoms with Crippen molar-refractivity contribution in [2.24, 2.45) is 0 Å². The minimum Gasteiger partial charge on any atom is -0.378 e. The molecule has 0 aliphatic carbocycles. The fourth-order valence-corrected chi connectivity index (χ4v) is 3.37. The second-order valence-electron chi connectivity index (χ2n) is 7.65. The molecule has 0 spiro atoms. The van der Waals surface area contributed by atoms with E-state index in [-0.39, 0.29) is 5.69 Å². The van der Waals surface area contributed by atoms with Crippen LogP contribution in [0.5, 0.6) is 0 Å². The second kappa shape index (κ2) is 9.96. The average Bonchev–Trinajstić information content (AvgIpc) is 2.80. The number of halogens is 3. The molecule has 1 aromatic heterocycles. The van der Waals surface area contributed by atoms with E-state index in [1.54, 1.807) is 24.3 Å². The molecule has 2 amide bonds. The molecule has 0 bridgehead atoms. The number of carbonyl (C=O) groups is 1. The summed E-state index contributed by atoms with van der Waals surface area (Å²) >= 11 is 0. The summed E-state index contributed by atoms with van der Waals surface area (Å²) in [5, 5.41) is 8.22. The van der Waals surface area contributed by atoms with E-state index in [1.165, 1.54) is 12.1 Å². The minimum absolute atomic E-state index is 0.0424. The maximum atomic E-state index is 12.8. The molecule has 2 heterocycles. The molecule has 4 rings (SSSR count). The number of aryl methyl sites for hydroxylation is 1. The lowest BCUT2D eigenvalue weighted by Gasteiger charge is -2.27. The molecule has 178 valence electrons. The maximum absolute atomic E-state index is 12.8. The van der Waals surface area contributed by atoms with Crippen molar-refractivity contribution in [2.75, 3.05) is 47.2 Å². The predicted molar refractivity (Wildman–Crippen MR) is 124 cm³/mol. The van der Waals surface area contributed by atoms with Crippen molar-refractivity contribution >= 4 is 34.9 Å². The summed E-state index contributed by atoms with van der Waals surface area (Å²) in [6, 6.07) is 12.5. The van der Waals surface area contributed by atoms with Crippen molar-refractivity contribution < 1.29 is 22.7 Å². The molecule has 2 aromatic carbocycles. The molecule has 1 fully saturated rings. The summed E-state index contributed by atoms with van der Waals surface area (Å²) in [7, 11) is 0. The molecule has 1 aliphatic heterocycles. The highest BCUT2D eigenvalue weighted by Crippen LogP contribution is 2.30. The number of carbonyl (C=O) groups excluding carboxylic acids is 1. The van der Waals surface area contributed by atoms with Gasteiger partial charge in [-0.05, 0) is 49.4 Å². The number of alkyl halides is 3. The molecule has 1 aliphatic rings. The van der Waals surface area contributed by atoms with Gasteiger partial charge in [-0.15, -0.1) is 0 Å². The maximum Gasteiger partial charge on any atom is 0.416 e. The van der Waals surface area contributed by atoms with Crippen molar-refractivity contribution in [1.29, 1.82) is 0 Å². The van der Waals surface area contributed by atoms with Gasteiger partial charge < -0.3 is 25.6 Å². The second-order valence-corrected chi connectivity index (χ2v) is 7.65. The van der Waals surface area contributed by atoms with Gasteiger partial charge in [-0.1, -0.05) is 6.07 Å². The zero-order valence-corrected chi connectivity index (χ0v) is 18.3. The van der Waals surface area contributed by atoms with Crippen LogP contribution in [-0.4, -0.2) is 42.3 Å². The van der Waals surface area contributed by atoms with E-state index in [0.29, 0.717) is 30.7 Å². The number of urea groups is 1. The van der Waals surface area contributed by atoms with Crippen molar-refractivity contribution in [2.45, 2.75) is 13.1 Å². The SMILES string of the molecule is Cc1cc(Nc2ccc(NC(=O)Nc3cccc(C(F)(F)F)c3)cc2)nc(N2CCOCC2)n1. The largest absolute Gasteiger partial charge is 0.416 e. The summed E-state index contributed by atoms with van der Waals surface area (Å²) in [4.78, 5) is 23.3. The van der Waals surface area contributed by atoms with Crippen LogP contribution < -0.4 is 20.9 Å². The molecule has 34 heavy (non-hydrogen) atoms. The number of nitrogens with one attached hydrogen (secondary N) is 3. The monoisotopic (exact) mass is 472 g/mol. The molecule has 3 aromatic rings. The third-order valence-corrected chi connectivity index (χ3v) is 5.00. The van der Waals surface area contributed by atoms with Gasteiger partial charge in [0.05, 0.1) is 18.8 Å². The first kappa shape index (κ1) is 23.3. The van der Waals surface area contributed by atoms with E-state index in [1.807, 2.05) is 13.0 Å². The molecule has 11 heteroatoms. The van der Waals surface area contributed by atoms with Crippen molar-refractivity contribution in [1.82, 2.24) is 9.97 Å². The van der Waals surface area contributed by atoms with Gasteiger partial charge >= 0.3 is 12.2 Å². The number of aromatic nitrogens is 2. The summed E-state index contributed by atoms with van der Waals surface area (Å²) in [5.41, 5.74) is 1.25. The Morgan fingerprint density at radius 3 is 2.32 bits per heavy atom. The van der Waals surface area contributed by atoms with Crippen molar-refractivity contribution in [3.8, 4) is 0 Å². The van der Waals surface area contributed by atoms with Gasteiger partial charge in [-0.2, -0.15) is 18.2 Å². The molecule has 0 radical (unpaired) electrons. The highest BCUT2D eigenvalue weighted by molar-refractivity contribution is 5.99. The summed E-state index contributed by atoms with van der Waals surface area (Å²) in [6.45, 7) is 4.62. The van der Waals surface area contributed by atoms with Crippen LogP contribution in [0.1, 0.15) is 11.3 Å². The predicted octanol–water partition coefficient (Wildman–Crippen LogP) is 5.03. The van der Waals surface area contributed by atoms with Gasteiger partial charge in [0.25, 0.3) is 0 Å². The van der Waals surface area contributed by atoms with Gasteiger partial charge in [0.1, 0.15) is 5.82 Å². The molecule has 3 N–H and O–H groups in total. The van der Waals surface area contributed by atoms with E-state index in [2.05, 4.69) is 30.8 Å². The first-order valence-corrected chi connectivity index (χ1v) is 10.6. The number of morpholine rings is 1. The smallest absolute Gasteiger partial charge is 0.378 e. The van der Waals surface area contributed by atoms with E-state index in [0.717, 1.165) is 36.6 Å². The van der Waals surface area contributed by atoms with Crippen LogP contribution in [0, 0.1) is 6.92 Å². The van der Waals surface area contributed by atoms with Crippen LogP contribution in [0.2, 0.25) is 0 Å². The van der Waals surface area contributed by atoms with E-state index < -0.39 is 17.8 Å². The fourth-order valence-electron chi connectivity index (χ4n) is 3.37. The summed E-state index contributed by atoms with van der Waals surface area (Å²) in [6.07, 6.45) is -4.48. The molecule has 0 saturated carbocycles. The summed E-state index contributed by atoms with van der Waals surface area (Å²) < 4.78 is 43.9. The molecular formula is C23H23F3N6O2. The van der Waals surface area contributed by atoms with E-state index >= 15 is 0 Å².